The lowest BCUT2D eigenvalue weighted by Crippen LogP contribution is -2.23. The Labute approximate surface area is 170 Å². The van der Waals surface area contributed by atoms with Gasteiger partial charge in [-0.2, -0.15) is 0 Å². The smallest absolute Gasteiger partial charge is 0.255 e. The Morgan fingerprint density at radius 3 is 2.55 bits per heavy atom. The van der Waals surface area contributed by atoms with Crippen molar-refractivity contribution < 1.29 is 9.53 Å². The predicted molar refractivity (Wildman–Crippen MR) is 116 cm³/mol. The van der Waals surface area contributed by atoms with Crippen molar-refractivity contribution in [2.24, 2.45) is 0 Å². The highest BCUT2D eigenvalue weighted by atomic mass is 16.5. The summed E-state index contributed by atoms with van der Waals surface area (Å²) in [7, 11) is 1.57. The van der Waals surface area contributed by atoms with Gasteiger partial charge in [-0.25, -0.2) is 0 Å². The second kappa shape index (κ2) is 8.15. The highest BCUT2D eigenvalue weighted by Crippen LogP contribution is 2.32. The largest absolute Gasteiger partial charge is 0.496 e. The van der Waals surface area contributed by atoms with Crippen molar-refractivity contribution in [2.75, 3.05) is 7.11 Å². The molecule has 0 bridgehead atoms. The van der Waals surface area contributed by atoms with Crippen LogP contribution in [0.2, 0.25) is 0 Å². The van der Waals surface area contributed by atoms with E-state index in [4.69, 9.17) is 4.74 Å². The number of amides is 1. The number of carbonyl (C=O) groups is 1. The van der Waals surface area contributed by atoms with Crippen LogP contribution < -0.4 is 10.1 Å². The molecule has 0 spiro atoms. The Hall–Kier alpha value is -3.66. The van der Waals surface area contributed by atoms with Crippen LogP contribution in [-0.4, -0.2) is 18.0 Å². The molecule has 0 aliphatic heterocycles. The van der Waals surface area contributed by atoms with E-state index in [2.05, 4.69) is 47.6 Å². The molecule has 0 fully saturated rings. The quantitative estimate of drug-likeness (QED) is 0.519. The van der Waals surface area contributed by atoms with Gasteiger partial charge in [0.15, 0.2) is 0 Å². The van der Waals surface area contributed by atoms with Crippen molar-refractivity contribution in [1.82, 2.24) is 10.3 Å². The van der Waals surface area contributed by atoms with Crippen molar-refractivity contribution in [1.29, 1.82) is 0 Å². The average molecular weight is 382 g/mol. The maximum absolute atomic E-state index is 12.7. The molecule has 0 aliphatic rings. The molecule has 144 valence electrons. The van der Waals surface area contributed by atoms with E-state index in [-0.39, 0.29) is 5.91 Å². The molecule has 3 aromatic carbocycles. The van der Waals surface area contributed by atoms with Gasteiger partial charge in [0, 0.05) is 24.3 Å². The van der Waals surface area contributed by atoms with Crippen molar-refractivity contribution >= 4 is 16.7 Å². The number of nitrogens with zero attached hydrogens (tertiary/aromatic N) is 1. The van der Waals surface area contributed by atoms with E-state index in [1.165, 1.54) is 16.7 Å². The summed E-state index contributed by atoms with van der Waals surface area (Å²) < 4.78 is 5.29. The topological polar surface area (TPSA) is 51.2 Å². The van der Waals surface area contributed by atoms with Gasteiger partial charge in [0.2, 0.25) is 0 Å². The number of carbonyl (C=O) groups excluding carboxylic acids is 1. The van der Waals surface area contributed by atoms with Crippen molar-refractivity contribution in [3.8, 4) is 16.9 Å². The highest BCUT2D eigenvalue weighted by Gasteiger charge is 2.13. The van der Waals surface area contributed by atoms with Gasteiger partial charge >= 0.3 is 0 Å². The lowest BCUT2D eigenvalue weighted by atomic mass is 9.94. The van der Waals surface area contributed by atoms with Gasteiger partial charge in [-0.05, 0) is 52.8 Å². The molecular formula is C25H22N2O2. The minimum atomic E-state index is -0.164. The van der Waals surface area contributed by atoms with Crippen LogP contribution >= 0.6 is 0 Å². The molecule has 4 aromatic rings. The molecule has 0 saturated carbocycles. The summed E-state index contributed by atoms with van der Waals surface area (Å²) in [6, 6.07) is 21.8. The van der Waals surface area contributed by atoms with E-state index in [1.807, 2.05) is 30.5 Å². The second-order valence-corrected chi connectivity index (χ2v) is 6.89. The van der Waals surface area contributed by atoms with Gasteiger partial charge in [0.05, 0.1) is 12.7 Å². The van der Waals surface area contributed by atoms with Gasteiger partial charge < -0.3 is 10.1 Å². The molecule has 0 radical (unpaired) electrons. The number of rotatable bonds is 5. The molecule has 1 N–H and O–H groups in total. The molecule has 0 saturated heterocycles. The first-order valence-corrected chi connectivity index (χ1v) is 9.52. The molecule has 1 aromatic heterocycles. The number of ether oxygens (including phenoxy) is 1. The minimum absolute atomic E-state index is 0.164. The van der Waals surface area contributed by atoms with Crippen molar-refractivity contribution in [3.63, 3.8) is 0 Å². The van der Waals surface area contributed by atoms with Gasteiger partial charge in [-0.15, -0.1) is 0 Å². The molecule has 1 heterocycles. The highest BCUT2D eigenvalue weighted by molar-refractivity contribution is 6.00. The Morgan fingerprint density at radius 2 is 1.72 bits per heavy atom. The number of benzene rings is 3. The number of hydrogen-bond donors (Lipinski definition) is 1. The summed E-state index contributed by atoms with van der Waals surface area (Å²) >= 11 is 0. The first-order valence-electron chi connectivity index (χ1n) is 9.52. The van der Waals surface area contributed by atoms with Crippen LogP contribution in [0.5, 0.6) is 5.75 Å². The lowest BCUT2D eigenvalue weighted by Gasteiger charge is -2.14. The van der Waals surface area contributed by atoms with Crippen LogP contribution in [0, 0.1) is 6.92 Å². The standard InChI is InChI=1S/C25H22N2O2/c1-17-7-3-4-8-19(17)20-12-11-18(23-16-26-14-13-21(20)23)15-27-25(28)22-9-5-6-10-24(22)29-2/h3-14,16H,15H2,1-2H3,(H,27,28). The van der Waals surface area contributed by atoms with Crippen LogP contribution in [0.3, 0.4) is 0 Å². The van der Waals surface area contributed by atoms with E-state index < -0.39 is 0 Å². The molecule has 29 heavy (non-hydrogen) atoms. The zero-order valence-corrected chi connectivity index (χ0v) is 16.5. The van der Waals surface area contributed by atoms with Crippen LogP contribution in [0.15, 0.2) is 79.1 Å². The fourth-order valence-electron chi connectivity index (χ4n) is 3.62. The predicted octanol–water partition coefficient (Wildman–Crippen LogP) is 5.15. The Balaban J connectivity index is 1.67. The number of hydrogen-bond acceptors (Lipinski definition) is 3. The third kappa shape index (κ3) is 3.69. The number of para-hydroxylation sites is 1. The fraction of sp³-hybridized carbons (Fsp3) is 0.120. The summed E-state index contributed by atoms with van der Waals surface area (Å²) in [6.07, 6.45) is 3.67. The average Bonchev–Trinajstić information content (AvgIpc) is 2.77. The fourth-order valence-corrected chi connectivity index (χ4v) is 3.62. The first kappa shape index (κ1) is 18.7. The Morgan fingerprint density at radius 1 is 0.931 bits per heavy atom. The molecule has 0 unspecified atom stereocenters. The SMILES string of the molecule is COc1ccccc1C(=O)NCc1ccc(-c2ccccc2C)c2ccncc12. The molecule has 0 atom stereocenters. The molecular weight excluding hydrogens is 360 g/mol. The monoisotopic (exact) mass is 382 g/mol. The summed E-state index contributed by atoms with van der Waals surface area (Å²) in [4.78, 5) is 17.0. The third-order valence-corrected chi connectivity index (χ3v) is 5.13. The zero-order valence-electron chi connectivity index (χ0n) is 16.5. The van der Waals surface area contributed by atoms with Gasteiger partial charge in [0.1, 0.15) is 5.75 Å². The number of aryl methyl sites for hydroxylation is 1. The normalized spacial score (nSPS) is 10.7. The number of fused-ring (bicyclic) bond motifs is 1. The van der Waals surface area contributed by atoms with Gasteiger partial charge in [0.25, 0.3) is 5.91 Å². The number of pyridine rings is 1. The van der Waals surface area contributed by atoms with E-state index >= 15 is 0 Å². The van der Waals surface area contributed by atoms with Gasteiger partial charge in [-0.3, -0.25) is 9.78 Å². The molecule has 0 aliphatic carbocycles. The van der Waals surface area contributed by atoms with E-state index in [0.717, 1.165) is 16.3 Å². The summed E-state index contributed by atoms with van der Waals surface area (Å²) in [5.74, 6) is 0.397. The zero-order chi connectivity index (χ0) is 20.2. The van der Waals surface area contributed by atoms with Crippen molar-refractivity contribution in [3.05, 3.63) is 95.8 Å². The number of nitrogens with one attached hydrogen (secondary N) is 1. The maximum Gasteiger partial charge on any atom is 0.255 e. The lowest BCUT2D eigenvalue weighted by molar-refractivity contribution is 0.0948. The van der Waals surface area contributed by atoms with Crippen molar-refractivity contribution in [2.45, 2.75) is 13.5 Å². The summed E-state index contributed by atoms with van der Waals surface area (Å²) in [5, 5.41) is 5.17. The van der Waals surface area contributed by atoms with E-state index in [1.54, 1.807) is 25.4 Å². The van der Waals surface area contributed by atoms with E-state index in [9.17, 15) is 4.79 Å². The van der Waals surface area contributed by atoms with Gasteiger partial charge in [-0.1, -0.05) is 48.5 Å². The Bertz CT molecular complexity index is 1180. The third-order valence-electron chi connectivity index (χ3n) is 5.13. The molecule has 1 amide bonds. The molecule has 4 rings (SSSR count). The van der Waals surface area contributed by atoms with E-state index in [0.29, 0.717) is 17.9 Å². The minimum Gasteiger partial charge on any atom is -0.496 e. The second-order valence-electron chi connectivity index (χ2n) is 6.89. The summed E-state index contributed by atoms with van der Waals surface area (Å²) in [6.45, 7) is 2.52. The van der Waals surface area contributed by atoms with Crippen LogP contribution in [-0.2, 0) is 6.54 Å². The summed E-state index contributed by atoms with van der Waals surface area (Å²) in [5.41, 5.74) is 5.14. The van der Waals surface area contributed by atoms with Crippen LogP contribution in [0.4, 0.5) is 0 Å². The first-order chi connectivity index (χ1) is 14.2. The number of aromatic nitrogens is 1. The number of methoxy groups -OCH3 is 1. The van der Waals surface area contributed by atoms with Crippen LogP contribution in [0.25, 0.3) is 21.9 Å². The van der Waals surface area contributed by atoms with Crippen LogP contribution in [0.1, 0.15) is 21.5 Å². The molecule has 4 nitrogen and oxygen atoms in total. The molecule has 4 heteroatoms. The maximum atomic E-state index is 12.7. The Kier molecular flexibility index (Phi) is 5.25.